The van der Waals surface area contributed by atoms with Crippen molar-refractivity contribution in [2.75, 3.05) is 0 Å². The van der Waals surface area contributed by atoms with Crippen LogP contribution in [0.25, 0.3) is 0 Å². The van der Waals surface area contributed by atoms with Crippen LogP contribution in [-0.2, 0) is 6.42 Å². The molecule has 0 spiro atoms. The Bertz CT molecular complexity index is 440. The first-order valence-corrected chi connectivity index (χ1v) is 5.26. The summed E-state index contributed by atoms with van der Waals surface area (Å²) in [5, 5.41) is 3.89. The van der Waals surface area contributed by atoms with Crippen molar-refractivity contribution in [2.24, 2.45) is 5.73 Å². The lowest BCUT2D eigenvalue weighted by Gasteiger charge is -1.99. The zero-order chi connectivity index (χ0) is 11.4. The molecule has 1 unspecified atom stereocenters. The molecule has 2 aromatic heterocycles. The molecule has 2 heterocycles. The van der Waals surface area contributed by atoms with Crippen molar-refractivity contribution < 1.29 is 4.52 Å². The molecule has 2 aromatic rings. The molecular weight excluding hydrogens is 204 g/mol. The summed E-state index contributed by atoms with van der Waals surface area (Å²) in [6.07, 6.45) is 4.93. The lowest BCUT2D eigenvalue weighted by atomic mass is 10.2. The molecule has 0 fully saturated rings. The van der Waals surface area contributed by atoms with Gasteiger partial charge >= 0.3 is 0 Å². The fraction of sp³-hybridized carbons (Fsp3) is 0.364. The summed E-state index contributed by atoms with van der Waals surface area (Å²) < 4.78 is 5.08. The highest BCUT2D eigenvalue weighted by molar-refractivity contribution is 5.13. The second-order valence-corrected chi connectivity index (χ2v) is 3.60. The molecule has 84 valence electrons. The van der Waals surface area contributed by atoms with Gasteiger partial charge in [0.15, 0.2) is 5.82 Å². The fourth-order valence-electron chi connectivity index (χ4n) is 1.35. The van der Waals surface area contributed by atoms with Gasteiger partial charge in [0.1, 0.15) is 0 Å². The van der Waals surface area contributed by atoms with Crippen LogP contribution in [0.5, 0.6) is 0 Å². The first kappa shape index (κ1) is 10.8. The summed E-state index contributed by atoms with van der Waals surface area (Å²) in [7, 11) is 0. The molecule has 0 amide bonds. The molecule has 0 radical (unpaired) electrons. The van der Waals surface area contributed by atoms with Crippen LogP contribution in [0, 0.1) is 0 Å². The third-order valence-corrected chi connectivity index (χ3v) is 2.33. The van der Waals surface area contributed by atoms with E-state index in [2.05, 4.69) is 15.1 Å². The number of nitrogens with two attached hydrogens (primary N) is 1. The lowest BCUT2D eigenvalue weighted by molar-refractivity contribution is 0.348. The number of nitrogens with zero attached hydrogens (tertiary/aromatic N) is 3. The second kappa shape index (κ2) is 4.85. The second-order valence-electron chi connectivity index (χ2n) is 3.60. The van der Waals surface area contributed by atoms with Crippen molar-refractivity contribution in [1.29, 1.82) is 0 Å². The Kier molecular flexibility index (Phi) is 3.26. The first-order valence-electron chi connectivity index (χ1n) is 5.26. The van der Waals surface area contributed by atoms with Gasteiger partial charge in [-0.1, -0.05) is 18.1 Å². The van der Waals surface area contributed by atoms with Crippen LogP contribution < -0.4 is 5.73 Å². The van der Waals surface area contributed by atoms with E-state index >= 15 is 0 Å². The Balaban J connectivity index is 2.09. The van der Waals surface area contributed by atoms with Gasteiger partial charge in [-0.05, 0) is 18.1 Å². The molecule has 0 saturated heterocycles. The maximum Gasteiger partial charge on any atom is 0.243 e. The lowest BCUT2D eigenvalue weighted by Crippen LogP contribution is -2.08. The molecule has 2 N–H and O–H groups in total. The number of aromatic nitrogens is 3. The van der Waals surface area contributed by atoms with E-state index < -0.39 is 0 Å². The Labute approximate surface area is 93.7 Å². The van der Waals surface area contributed by atoms with Gasteiger partial charge < -0.3 is 10.3 Å². The molecule has 0 aliphatic rings. The molecule has 0 aliphatic carbocycles. The third-order valence-electron chi connectivity index (χ3n) is 2.33. The predicted molar refractivity (Wildman–Crippen MR) is 58.6 cm³/mol. The number of hydrogen-bond acceptors (Lipinski definition) is 5. The van der Waals surface area contributed by atoms with Gasteiger partial charge in [-0.3, -0.25) is 4.98 Å². The molecule has 0 aromatic carbocycles. The zero-order valence-electron chi connectivity index (χ0n) is 9.13. The standard InChI is InChI=1S/C11H14N4O/c1-2-9(12)11-14-10(15-16-11)6-8-4-3-5-13-7-8/h3-5,7,9H,2,6,12H2,1H3. The Morgan fingerprint density at radius 2 is 2.38 bits per heavy atom. The molecule has 0 aliphatic heterocycles. The molecule has 2 rings (SSSR count). The molecule has 0 saturated carbocycles. The summed E-state index contributed by atoms with van der Waals surface area (Å²) in [4.78, 5) is 8.27. The van der Waals surface area contributed by atoms with Gasteiger partial charge in [0.25, 0.3) is 0 Å². The van der Waals surface area contributed by atoms with E-state index in [1.54, 1.807) is 12.4 Å². The summed E-state index contributed by atoms with van der Waals surface area (Å²) >= 11 is 0. The number of pyridine rings is 1. The van der Waals surface area contributed by atoms with Gasteiger partial charge in [0.05, 0.1) is 6.04 Å². The summed E-state index contributed by atoms with van der Waals surface area (Å²) in [5.41, 5.74) is 6.85. The van der Waals surface area contributed by atoms with Gasteiger partial charge in [-0.25, -0.2) is 0 Å². The number of hydrogen-bond donors (Lipinski definition) is 1. The van der Waals surface area contributed by atoms with Gasteiger partial charge in [0, 0.05) is 18.8 Å². The van der Waals surface area contributed by atoms with Crippen molar-refractivity contribution in [3.05, 3.63) is 41.8 Å². The van der Waals surface area contributed by atoms with E-state index in [-0.39, 0.29) is 6.04 Å². The van der Waals surface area contributed by atoms with Crippen molar-refractivity contribution in [3.8, 4) is 0 Å². The Morgan fingerprint density at radius 3 is 3.06 bits per heavy atom. The van der Waals surface area contributed by atoms with Crippen molar-refractivity contribution in [2.45, 2.75) is 25.8 Å². The van der Waals surface area contributed by atoms with Crippen molar-refractivity contribution >= 4 is 0 Å². The summed E-state index contributed by atoms with van der Waals surface area (Å²) in [5.74, 6) is 1.15. The molecular formula is C11H14N4O. The van der Waals surface area contributed by atoms with Crippen LogP contribution in [0.3, 0.4) is 0 Å². The van der Waals surface area contributed by atoms with Gasteiger partial charge in [-0.15, -0.1) is 0 Å². The van der Waals surface area contributed by atoms with E-state index in [9.17, 15) is 0 Å². The minimum Gasteiger partial charge on any atom is -0.338 e. The molecule has 5 nitrogen and oxygen atoms in total. The van der Waals surface area contributed by atoms with Crippen molar-refractivity contribution in [3.63, 3.8) is 0 Å². The minimum absolute atomic E-state index is 0.171. The topological polar surface area (TPSA) is 77.8 Å². The third kappa shape index (κ3) is 2.43. The molecule has 0 bridgehead atoms. The van der Waals surface area contributed by atoms with E-state index in [0.717, 1.165) is 12.0 Å². The van der Waals surface area contributed by atoms with Crippen LogP contribution in [0.2, 0.25) is 0 Å². The average Bonchev–Trinajstić information content (AvgIpc) is 2.78. The van der Waals surface area contributed by atoms with E-state index in [1.807, 2.05) is 19.1 Å². The quantitative estimate of drug-likeness (QED) is 0.840. The monoisotopic (exact) mass is 218 g/mol. The maximum absolute atomic E-state index is 5.79. The highest BCUT2D eigenvalue weighted by Gasteiger charge is 2.12. The SMILES string of the molecule is CCC(N)c1nc(Cc2cccnc2)no1. The normalized spacial score (nSPS) is 12.6. The van der Waals surface area contributed by atoms with Gasteiger partial charge in [-0.2, -0.15) is 4.98 Å². The number of rotatable bonds is 4. The highest BCUT2D eigenvalue weighted by Crippen LogP contribution is 2.12. The van der Waals surface area contributed by atoms with Crippen LogP contribution in [-0.4, -0.2) is 15.1 Å². The van der Waals surface area contributed by atoms with E-state index in [4.69, 9.17) is 10.3 Å². The van der Waals surface area contributed by atoms with Crippen LogP contribution in [0.15, 0.2) is 29.0 Å². The van der Waals surface area contributed by atoms with Gasteiger partial charge in [0.2, 0.25) is 5.89 Å². The summed E-state index contributed by atoms with van der Waals surface area (Å²) in [6.45, 7) is 1.98. The molecule has 1 atom stereocenters. The summed E-state index contributed by atoms with van der Waals surface area (Å²) in [6, 6.07) is 3.69. The van der Waals surface area contributed by atoms with Crippen molar-refractivity contribution in [1.82, 2.24) is 15.1 Å². The maximum atomic E-state index is 5.79. The van der Waals surface area contributed by atoms with E-state index in [1.165, 1.54) is 0 Å². The Morgan fingerprint density at radius 1 is 1.50 bits per heavy atom. The average molecular weight is 218 g/mol. The smallest absolute Gasteiger partial charge is 0.243 e. The van der Waals surface area contributed by atoms with Crippen LogP contribution in [0.1, 0.15) is 36.7 Å². The highest BCUT2D eigenvalue weighted by atomic mass is 16.5. The molecule has 5 heteroatoms. The molecule has 16 heavy (non-hydrogen) atoms. The largest absolute Gasteiger partial charge is 0.338 e. The zero-order valence-corrected chi connectivity index (χ0v) is 9.13. The Hall–Kier alpha value is -1.75. The van der Waals surface area contributed by atoms with Crippen LogP contribution >= 0.6 is 0 Å². The van der Waals surface area contributed by atoms with E-state index in [0.29, 0.717) is 18.1 Å². The fourth-order valence-corrected chi connectivity index (χ4v) is 1.35. The first-order chi connectivity index (χ1) is 7.79. The minimum atomic E-state index is -0.171. The predicted octanol–water partition coefficient (Wildman–Crippen LogP) is 1.47. The van der Waals surface area contributed by atoms with Crippen LogP contribution in [0.4, 0.5) is 0 Å².